The van der Waals surface area contributed by atoms with Crippen LogP contribution in [0.25, 0.3) is 0 Å². The van der Waals surface area contributed by atoms with Gasteiger partial charge in [0.05, 0.1) is 16.9 Å². The molecular weight excluding hydrogens is 307 g/mol. The largest absolute Gasteiger partial charge is 0.354 e. The fourth-order valence-electron chi connectivity index (χ4n) is 1.42. The molecule has 1 heterocycles. The van der Waals surface area contributed by atoms with Gasteiger partial charge in [-0.25, -0.2) is 4.98 Å². The number of aromatic nitrogens is 2. The number of nitrogens with one attached hydrogen (secondary N) is 2. The van der Waals surface area contributed by atoms with E-state index < -0.39 is 0 Å². The van der Waals surface area contributed by atoms with Crippen molar-refractivity contribution < 1.29 is 0 Å². The van der Waals surface area contributed by atoms with Crippen molar-refractivity contribution in [2.45, 2.75) is 6.92 Å². The lowest BCUT2D eigenvalue weighted by Crippen LogP contribution is -2.04. The Balaban J connectivity index is 2.29. The van der Waals surface area contributed by atoms with Crippen LogP contribution in [0.15, 0.2) is 24.4 Å². The molecule has 0 atom stereocenters. The molecule has 4 nitrogen and oxygen atoms in total. The highest BCUT2D eigenvalue weighted by Gasteiger charge is 2.08. The van der Waals surface area contributed by atoms with Crippen LogP contribution in [0, 0.1) is 0 Å². The van der Waals surface area contributed by atoms with E-state index in [0.29, 0.717) is 32.5 Å². The summed E-state index contributed by atoms with van der Waals surface area (Å²) in [5.74, 6) is 0.983. The second-order valence-corrected chi connectivity index (χ2v) is 4.92. The Hall–Kier alpha value is -1.23. The molecule has 7 heteroatoms. The summed E-state index contributed by atoms with van der Waals surface area (Å²) in [4.78, 5) is 8.32. The highest BCUT2D eigenvalue weighted by atomic mass is 35.5. The summed E-state index contributed by atoms with van der Waals surface area (Å²) in [6.45, 7) is 2.68. The van der Waals surface area contributed by atoms with E-state index in [1.165, 1.54) is 6.20 Å². The summed E-state index contributed by atoms with van der Waals surface area (Å²) in [5.41, 5.74) is 0.675. The van der Waals surface area contributed by atoms with Gasteiger partial charge in [0.2, 0.25) is 5.95 Å². The maximum absolute atomic E-state index is 6.08. The van der Waals surface area contributed by atoms with Crippen LogP contribution in [0.4, 0.5) is 17.5 Å². The van der Waals surface area contributed by atoms with Crippen molar-refractivity contribution in [1.29, 1.82) is 0 Å². The minimum atomic E-state index is 0.410. The zero-order valence-electron chi connectivity index (χ0n) is 10.0. The first-order chi connectivity index (χ1) is 9.10. The Bertz CT molecular complexity index is 589. The first-order valence-electron chi connectivity index (χ1n) is 5.58. The molecule has 0 bridgehead atoms. The highest BCUT2D eigenvalue weighted by Crippen LogP contribution is 2.30. The molecular formula is C12H11Cl3N4. The lowest BCUT2D eigenvalue weighted by molar-refractivity contribution is 1.09. The van der Waals surface area contributed by atoms with Crippen LogP contribution in [-0.2, 0) is 0 Å². The Morgan fingerprint density at radius 2 is 1.95 bits per heavy atom. The number of benzene rings is 1. The van der Waals surface area contributed by atoms with Crippen molar-refractivity contribution in [3.63, 3.8) is 0 Å². The van der Waals surface area contributed by atoms with E-state index in [1.807, 2.05) is 6.92 Å². The minimum Gasteiger partial charge on any atom is -0.354 e. The van der Waals surface area contributed by atoms with E-state index in [2.05, 4.69) is 20.6 Å². The summed E-state index contributed by atoms with van der Waals surface area (Å²) in [7, 11) is 0. The van der Waals surface area contributed by atoms with Gasteiger partial charge in [-0.1, -0.05) is 34.8 Å². The zero-order valence-corrected chi connectivity index (χ0v) is 12.3. The van der Waals surface area contributed by atoms with Crippen LogP contribution in [0.5, 0.6) is 0 Å². The normalized spacial score (nSPS) is 10.3. The second kappa shape index (κ2) is 6.28. The maximum Gasteiger partial charge on any atom is 0.224 e. The van der Waals surface area contributed by atoms with E-state index >= 15 is 0 Å². The summed E-state index contributed by atoms with van der Waals surface area (Å²) < 4.78 is 0. The molecule has 1 aromatic heterocycles. The number of hydrogen-bond donors (Lipinski definition) is 2. The molecule has 0 amide bonds. The molecule has 0 saturated heterocycles. The number of nitrogens with zero attached hydrogens (tertiary/aromatic N) is 2. The van der Waals surface area contributed by atoms with Crippen molar-refractivity contribution >= 4 is 52.3 Å². The molecule has 100 valence electrons. The molecule has 1 aromatic carbocycles. The van der Waals surface area contributed by atoms with Crippen molar-refractivity contribution in [2.75, 3.05) is 17.2 Å². The van der Waals surface area contributed by atoms with Gasteiger partial charge in [0.15, 0.2) is 5.82 Å². The van der Waals surface area contributed by atoms with E-state index in [9.17, 15) is 0 Å². The van der Waals surface area contributed by atoms with Gasteiger partial charge in [-0.2, -0.15) is 4.98 Å². The second-order valence-electron chi connectivity index (χ2n) is 3.67. The number of anilines is 3. The van der Waals surface area contributed by atoms with Crippen molar-refractivity contribution in [3.8, 4) is 0 Å². The third-order valence-electron chi connectivity index (χ3n) is 2.26. The fraction of sp³-hybridized carbons (Fsp3) is 0.167. The van der Waals surface area contributed by atoms with Crippen LogP contribution in [0.1, 0.15) is 6.92 Å². The Morgan fingerprint density at radius 1 is 1.16 bits per heavy atom. The number of halogens is 3. The van der Waals surface area contributed by atoms with Crippen LogP contribution in [-0.4, -0.2) is 16.5 Å². The average Bonchev–Trinajstić information content (AvgIpc) is 2.37. The highest BCUT2D eigenvalue weighted by molar-refractivity contribution is 6.36. The molecule has 0 aliphatic heterocycles. The predicted octanol–water partition coefficient (Wildman–Crippen LogP) is 4.61. The van der Waals surface area contributed by atoms with Gasteiger partial charge in [0.25, 0.3) is 0 Å². The van der Waals surface area contributed by atoms with E-state index in [0.717, 1.165) is 6.54 Å². The van der Waals surface area contributed by atoms with Crippen molar-refractivity contribution in [1.82, 2.24) is 9.97 Å². The monoisotopic (exact) mass is 316 g/mol. The molecule has 2 rings (SSSR count). The Kier molecular flexibility index (Phi) is 4.69. The molecule has 0 spiro atoms. The average molecular weight is 318 g/mol. The third-order valence-corrected chi connectivity index (χ3v) is 3.09. The molecule has 0 aliphatic rings. The molecule has 0 radical (unpaired) electrons. The lowest BCUT2D eigenvalue weighted by Gasteiger charge is -2.10. The number of rotatable bonds is 4. The van der Waals surface area contributed by atoms with Crippen molar-refractivity contribution in [3.05, 3.63) is 39.5 Å². The van der Waals surface area contributed by atoms with Gasteiger partial charge in [0.1, 0.15) is 5.02 Å². The first-order valence-corrected chi connectivity index (χ1v) is 6.72. The standard InChI is InChI=1S/C12H11Cl3N4/c1-2-16-12-17-6-9(15)11(19-12)18-10-4-3-7(13)5-8(10)14/h3-6H,2H2,1H3,(H2,16,17,18,19). The quantitative estimate of drug-likeness (QED) is 0.864. The lowest BCUT2D eigenvalue weighted by atomic mass is 10.3. The molecule has 2 aromatic rings. The molecule has 0 saturated carbocycles. The Morgan fingerprint density at radius 3 is 2.63 bits per heavy atom. The fourth-order valence-corrected chi connectivity index (χ4v) is 2.01. The van der Waals surface area contributed by atoms with E-state index in [-0.39, 0.29) is 0 Å². The van der Waals surface area contributed by atoms with Crippen LogP contribution < -0.4 is 10.6 Å². The molecule has 0 aliphatic carbocycles. The number of hydrogen-bond acceptors (Lipinski definition) is 4. The summed E-state index contributed by atoms with van der Waals surface area (Å²) in [6.07, 6.45) is 1.53. The SMILES string of the molecule is CCNc1ncc(Cl)c(Nc2ccc(Cl)cc2Cl)n1. The summed E-state index contributed by atoms with van der Waals surface area (Å²) in [5, 5.41) is 7.53. The molecule has 2 N–H and O–H groups in total. The first kappa shape index (κ1) is 14.2. The Labute approximate surface area is 126 Å². The smallest absolute Gasteiger partial charge is 0.224 e. The summed E-state index contributed by atoms with van der Waals surface area (Å²) in [6, 6.07) is 5.14. The van der Waals surface area contributed by atoms with Crippen LogP contribution in [0.2, 0.25) is 15.1 Å². The zero-order chi connectivity index (χ0) is 13.8. The summed E-state index contributed by atoms with van der Waals surface area (Å²) >= 11 is 18.0. The molecule has 0 fully saturated rings. The predicted molar refractivity (Wildman–Crippen MR) is 81.0 cm³/mol. The van der Waals surface area contributed by atoms with Gasteiger partial charge in [-0.3, -0.25) is 0 Å². The van der Waals surface area contributed by atoms with Crippen molar-refractivity contribution in [2.24, 2.45) is 0 Å². The topological polar surface area (TPSA) is 49.8 Å². The molecule has 19 heavy (non-hydrogen) atoms. The van der Waals surface area contributed by atoms with Gasteiger partial charge >= 0.3 is 0 Å². The minimum absolute atomic E-state index is 0.410. The van der Waals surface area contributed by atoms with E-state index in [4.69, 9.17) is 34.8 Å². The molecule has 0 unspecified atom stereocenters. The van der Waals surface area contributed by atoms with Gasteiger partial charge in [0, 0.05) is 11.6 Å². The van der Waals surface area contributed by atoms with Crippen LogP contribution in [0.3, 0.4) is 0 Å². The van der Waals surface area contributed by atoms with E-state index in [1.54, 1.807) is 18.2 Å². The maximum atomic E-state index is 6.08. The van der Waals surface area contributed by atoms with Gasteiger partial charge in [-0.15, -0.1) is 0 Å². The van der Waals surface area contributed by atoms with Crippen LogP contribution >= 0.6 is 34.8 Å². The van der Waals surface area contributed by atoms with Gasteiger partial charge < -0.3 is 10.6 Å². The van der Waals surface area contributed by atoms with Gasteiger partial charge in [-0.05, 0) is 25.1 Å². The third kappa shape index (κ3) is 3.62.